The van der Waals surface area contributed by atoms with Gasteiger partial charge in [0.2, 0.25) is 0 Å². The van der Waals surface area contributed by atoms with Crippen molar-refractivity contribution < 1.29 is 32.9 Å². The van der Waals surface area contributed by atoms with Crippen LogP contribution in [0.3, 0.4) is 0 Å². The molecule has 1 heterocycles. The van der Waals surface area contributed by atoms with Gasteiger partial charge in [0.05, 0.1) is 25.8 Å². The number of nitrogens with zero attached hydrogens (tertiary/aromatic N) is 2. The van der Waals surface area contributed by atoms with Gasteiger partial charge in [-0.25, -0.2) is 9.18 Å². The first kappa shape index (κ1) is 26.2. The number of carbonyl (C=O) groups excluding carboxylic acids is 2. The van der Waals surface area contributed by atoms with Crippen LogP contribution >= 0.6 is 0 Å². The number of ether oxygens (including phenoxy) is 4. The molecule has 1 aliphatic heterocycles. The van der Waals surface area contributed by atoms with Gasteiger partial charge in [0.25, 0.3) is 5.91 Å². The van der Waals surface area contributed by atoms with Crippen molar-refractivity contribution in [1.29, 1.82) is 0 Å². The Labute approximate surface area is 201 Å². The Hall–Kier alpha value is -2.39. The van der Waals surface area contributed by atoms with Crippen LogP contribution in [-0.2, 0) is 19.0 Å². The zero-order chi connectivity index (χ0) is 24.9. The number of hydrogen-bond donors (Lipinski definition) is 0. The molecule has 0 bridgehead atoms. The molecule has 2 fully saturated rings. The summed E-state index contributed by atoms with van der Waals surface area (Å²) >= 11 is 0. The van der Waals surface area contributed by atoms with E-state index in [1.54, 1.807) is 19.2 Å². The van der Waals surface area contributed by atoms with Crippen LogP contribution in [-0.4, -0.2) is 79.6 Å². The van der Waals surface area contributed by atoms with Crippen LogP contribution in [0.2, 0.25) is 0 Å². The highest BCUT2D eigenvalue weighted by molar-refractivity contribution is 5.83. The topological polar surface area (TPSA) is 77.5 Å². The largest absolute Gasteiger partial charge is 0.490 e. The lowest BCUT2D eigenvalue weighted by atomic mass is 10.0. The second-order valence-electron chi connectivity index (χ2n) is 9.82. The predicted octanol–water partition coefficient (Wildman–Crippen LogP) is 3.93. The fourth-order valence-electron chi connectivity index (χ4n) is 3.93. The van der Waals surface area contributed by atoms with Gasteiger partial charge in [0, 0.05) is 32.7 Å². The van der Waals surface area contributed by atoms with Gasteiger partial charge in [0.1, 0.15) is 5.60 Å². The molecule has 1 saturated carbocycles. The maximum atomic E-state index is 14.3. The molecular formula is C25H37FN2O6. The molecule has 0 N–H and O–H groups in total. The van der Waals surface area contributed by atoms with E-state index >= 15 is 0 Å². The Morgan fingerprint density at radius 1 is 1.26 bits per heavy atom. The number of morpholine rings is 1. The lowest BCUT2D eigenvalue weighted by Crippen LogP contribution is -2.54. The van der Waals surface area contributed by atoms with Crippen molar-refractivity contribution in [2.45, 2.75) is 70.7 Å². The normalized spacial score (nSPS) is 19.5. The standard InChI is InChI=1S/C25H37FN2O6/c1-17(18-7-10-20(26)21(15-18)32-13-6-12-31-5)28(19-8-9-19)23(29)22-16-27(11-14-33-22)24(30)34-25(2,3)4/h7,10,15,17,19,22H,6,8-9,11-14,16H2,1-5H3/t17?,22-/m1/s1. The summed E-state index contributed by atoms with van der Waals surface area (Å²) in [4.78, 5) is 29.4. The lowest BCUT2D eigenvalue weighted by molar-refractivity contribution is -0.151. The van der Waals surface area contributed by atoms with Crippen LogP contribution in [0.4, 0.5) is 9.18 Å². The van der Waals surface area contributed by atoms with Gasteiger partial charge in [-0.2, -0.15) is 0 Å². The van der Waals surface area contributed by atoms with Crippen LogP contribution in [0.15, 0.2) is 18.2 Å². The van der Waals surface area contributed by atoms with Gasteiger partial charge < -0.3 is 28.7 Å². The summed E-state index contributed by atoms with van der Waals surface area (Å²) in [6, 6.07) is 4.50. The molecule has 2 amide bonds. The van der Waals surface area contributed by atoms with Crippen LogP contribution in [0.1, 0.15) is 58.6 Å². The van der Waals surface area contributed by atoms with Gasteiger partial charge in [0.15, 0.2) is 17.7 Å². The Balaban J connectivity index is 1.70. The molecular weight excluding hydrogens is 443 g/mol. The number of halogens is 1. The van der Waals surface area contributed by atoms with E-state index in [9.17, 15) is 14.0 Å². The van der Waals surface area contributed by atoms with Crippen molar-refractivity contribution in [3.8, 4) is 5.75 Å². The third-order valence-corrected chi connectivity index (χ3v) is 5.79. The highest BCUT2D eigenvalue weighted by atomic mass is 19.1. The SMILES string of the molecule is COCCCOc1cc(C(C)N(C(=O)[C@H]2CN(C(=O)OC(C)(C)C)CCO2)C2CC2)ccc1F. The molecule has 1 aromatic rings. The predicted molar refractivity (Wildman–Crippen MR) is 124 cm³/mol. The van der Waals surface area contributed by atoms with Crippen molar-refractivity contribution in [2.75, 3.05) is 40.0 Å². The van der Waals surface area contributed by atoms with Gasteiger partial charge in [-0.3, -0.25) is 4.79 Å². The van der Waals surface area contributed by atoms with Crippen molar-refractivity contribution in [3.05, 3.63) is 29.6 Å². The van der Waals surface area contributed by atoms with Gasteiger partial charge in [-0.05, 0) is 58.2 Å². The number of hydrogen-bond acceptors (Lipinski definition) is 6. The van der Waals surface area contributed by atoms with Crippen LogP contribution < -0.4 is 4.74 Å². The third kappa shape index (κ3) is 7.06. The molecule has 3 rings (SSSR count). The molecule has 0 spiro atoms. The molecule has 1 saturated heterocycles. The maximum Gasteiger partial charge on any atom is 0.410 e. The van der Waals surface area contributed by atoms with E-state index in [0.29, 0.717) is 26.2 Å². The molecule has 1 aliphatic carbocycles. The second kappa shape index (κ2) is 11.4. The minimum Gasteiger partial charge on any atom is -0.490 e. The quantitative estimate of drug-likeness (QED) is 0.499. The molecule has 0 radical (unpaired) electrons. The Morgan fingerprint density at radius 3 is 2.65 bits per heavy atom. The summed E-state index contributed by atoms with van der Waals surface area (Å²) < 4.78 is 36.1. The van der Waals surface area contributed by atoms with Crippen molar-refractivity contribution in [1.82, 2.24) is 9.80 Å². The zero-order valence-electron chi connectivity index (χ0n) is 20.8. The minimum absolute atomic E-state index is 0.0964. The van der Waals surface area contributed by atoms with Crippen molar-refractivity contribution >= 4 is 12.0 Å². The molecule has 1 unspecified atom stereocenters. The highest BCUT2D eigenvalue weighted by Gasteiger charge is 2.42. The van der Waals surface area contributed by atoms with E-state index in [4.69, 9.17) is 18.9 Å². The monoisotopic (exact) mass is 480 g/mol. The summed E-state index contributed by atoms with van der Waals surface area (Å²) in [5.74, 6) is -0.454. The van der Waals surface area contributed by atoms with Crippen LogP contribution in [0.25, 0.3) is 0 Å². The molecule has 1 aromatic carbocycles. The highest BCUT2D eigenvalue weighted by Crippen LogP contribution is 2.36. The van der Waals surface area contributed by atoms with Crippen LogP contribution in [0.5, 0.6) is 5.75 Å². The first-order valence-electron chi connectivity index (χ1n) is 11.9. The Bertz CT molecular complexity index is 854. The maximum absolute atomic E-state index is 14.3. The van der Waals surface area contributed by atoms with Crippen molar-refractivity contribution in [3.63, 3.8) is 0 Å². The summed E-state index contributed by atoms with van der Waals surface area (Å²) in [6.45, 7) is 8.99. The fraction of sp³-hybridized carbons (Fsp3) is 0.680. The molecule has 2 aliphatic rings. The number of rotatable bonds is 9. The first-order chi connectivity index (χ1) is 16.1. The second-order valence-corrected chi connectivity index (χ2v) is 9.82. The molecule has 34 heavy (non-hydrogen) atoms. The van der Waals surface area contributed by atoms with Gasteiger partial charge >= 0.3 is 6.09 Å². The van der Waals surface area contributed by atoms with E-state index in [-0.39, 0.29) is 36.9 Å². The summed E-state index contributed by atoms with van der Waals surface area (Å²) in [5.41, 5.74) is 0.165. The zero-order valence-corrected chi connectivity index (χ0v) is 20.8. The number of methoxy groups -OCH3 is 1. The minimum atomic E-state index is -0.769. The van der Waals surface area contributed by atoms with Crippen molar-refractivity contribution in [2.24, 2.45) is 0 Å². The Morgan fingerprint density at radius 2 is 2.00 bits per heavy atom. The molecule has 0 aromatic heterocycles. The summed E-state index contributed by atoms with van der Waals surface area (Å²) in [5, 5.41) is 0. The van der Waals surface area contributed by atoms with Crippen LogP contribution in [0, 0.1) is 5.82 Å². The molecule has 2 atom stereocenters. The van der Waals surface area contributed by atoms with E-state index in [1.807, 2.05) is 32.6 Å². The van der Waals surface area contributed by atoms with E-state index in [0.717, 1.165) is 18.4 Å². The van der Waals surface area contributed by atoms with E-state index in [2.05, 4.69) is 0 Å². The number of amides is 2. The number of benzene rings is 1. The Kier molecular flexibility index (Phi) is 8.76. The average Bonchev–Trinajstić information content (AvgIpc) is 3.62. The molecule has 190 valence electrons. The lowest BCUT2D eigenvalue weighted by Gasteiger charge is -2.38. The molecule has 9 heteroatoms. The summed E-state index contributed by atoms with van der Waals surface area (Å²) in [6.07, 6.45) is 1.23. The molecule has 8 nitrogen and oxygen atoms in total. The fourth-order valence-corrected chi connectivity index (χ4v) is 3.93. The smallest absolute Gasteiger partial charge is 0.410 e. The van der Waals surface area contributed by atoms with Gasteiger partial charge in [-0.15, -0.1) is 0 Å². The number of carbonyl (C=O) groups is 2. The average molecular weight is 481 g/mol. The summed E-state index contributed by atoms with van der Waals surface area (Å²) in [7, 11) is 1.61. The third-order valence-electron chi connectivity index (χ3n) is 5.79. The van der Waals surface area contributed by atoms with Gasteiger partial charge in [-0.1, -0.05) is 6.07 Å². The van der Waals surface area contributed by atoms with E-state index in [1.165, 1.54) is 11.0 Å². The first-order valence-corrected chi connectivity index (χ1v) is 11.9. The van der Waals surface area contributed by atoms with E-state index < -0.39 is 23.6 Å².